The van der Waals surface area contributed by atoms with E-state index >= 15 is 0 Å². The molecule has 0 unspecified atom stereocenters. The van der Waals surface area contributed by atoms with Crippen LogP contribution in [0.3, 0.4) is 0 Å². The fourth-order valence-electron chi connectivity index (χ4n) is 2.55. The summed E-state index contributed by atoms with van der Waals surface area (Å²) in [5.41, 5.74) is 0.470. The molecule has 1 amide bonds. The van der Waals surface area contributed by atoms with Crippen molar-refractivity contribution in [1.29, 1.82) is 0 Å². The molecule has 0 saturated carbocycles. The van der Waals surface area contributed by atoms with Gasteiger partial charge in [0.05, 0.1) is 5.69 Å². The van der Waals surface area contributed by atoms with Crippen LogP contribution < -0.4 is 4.90 Å². The molecule has 0 radical (unpaired) electrons. The van der Waals surface area contributed by atoms with Crippen molar-refractivity contribution in [2.45, 2.75) is 39.7 Å². The SMILES string of the molecule is Cc1ccc(N(C)C[C@@H]2CCN(C(=O)OC(C)(C)C)C2)nn1. The Balaban J connectivity index is 1.85. The molecule has 6 nitrogen and oxygen atoms in total. The van der Waals surface area contributed by atoms with Crippen molar-refractivity contribution in [3.63, 3.8) is 0 Å². The molecule has 0 aliphatic carbocycles. The number of aromatic nitrogens is 2. The molecule has 0 aromatic carbocycles. The lowest BCUT2D eigenvalue weighted by molar-refractivity contribution is 0.0288. The maximum absolute atomic E-state index is 12.1. The van der Waals surface area contributed by atoms with Crippen molar-refractivity contribution in [3.8, 4) is 0 Å². The molecule has 122 valence electrons. The average Bonchev–Trinajstić information content (AvgIpc) is 2.86. The summed E-state index contributed by atoms with van der Waals surface area (Å²) < 4.78 is 5.42. The van der Waals surface area contributed by atoms with Gasteiger partial charge in [-0.15, -0.1) is 5.10 Å². The van der Waals surface area contributed by atoms with Crippen molar-refractivity contribution >= 4 is 11.9 Å². The van der Waals surface area contributed by atoms with Crippen molar-refractivity contribution in [1.82, 2.24) is 15.1 Å². The standard InChI is InChI=1S/C16H26N4O2/c1-12-6-7-14(18-17-12)19(5)10-13-8-9-20(11-13)15(21)22-16(2,3)4/h6-7,13H,8-11H2,1-5H3/t13-/m0/s1. The first-order valence-corrected chi connectivity index (χ1v) is 7.74. The molecule has 1 atom stereocenters. The highest BCUT2D eigenvalue weighted by Gasteiger charge is 2.30. The Morgan fingerprint density at radius 2 is 2.14 bits per heavy atom. The molecule has 2 rings (SSSR count). The lowest BCUT2D eigenvalue weighted by Crippen LogP contribution is -2.36. The van der Waals surface area contributed by atoms with E-state index in [4.69, 9.17) is 4.74 Å². The van der Waals surface area contributed by atoms with Gasteiger partial charge in [-0.25, -0.2) is 4.79 Å². The summed E-state index contributed by atoms with van der Waals surface area (Å²) in [4.78, 5) is 16.0. The number of carbonyl (C=O) groups is 1. The normalized spacial score (nSPS) is 18.4. The summed E-state index contributed by atoms with van der Waals surface area (Å²) in [7, 11) is 2.01. The van der Waals surface area contributed by atoms with Crippen LogP contribution in [-0.4, -0.2) is 53.5 Å². The second-order valence-electron chi connectivity index (χ2n) is 6.99. The quantitative estimate of drug-likeness (QED) is 0.858. The van der Waals surface area contributed by atoms with Crippen LogP contribution in [0.15, 0.2) is 12.1 Å². The van der Waals surface area contributed by atoms with E-state index in [1.807, 2.05) is 46.9 Å². The van der Waals surface area contributed by atoms with Crippen LogP contribution in [0.4, 0.5) is 10.6 Å². The van der Waals surface area contributed by atoms with Crippen molar-refractivity contribution in [3.05, 3.63) is 17.8 Å². The lowest BCUT2D eigenvalue weighted by Gasteiger charge is -2.25. The predicted octanol–water partition coefficient (Wildman–Crippen LogP) is 2.48. The molecule has 2 heterocycles. The van der Waals surface area contributed by atoms with Crippen LogP contribution >= 0.6 is 0 Å². The van der Waals surface area contributed by atoms with E-state index in [1.54, 1.807) is 4.90 Å². The minimum Gasteiger partial charge on any atom is -0.444 e. The first-order chi connectivity index (χ1) is 10.2. The molecule has 22 heavy (non-hydrogen) atoms. The number of aryl methyl sites for hydroxylation is 1. The molecule has 0 N–H and O–H groups in total. The van der Waals surface area contributed by atoms with Gasteiger partial charge in [0.25, 0.3) is 0 Å². The Bertz CT molecular complexity index is 510. The van der Waals surface area contributed by atoms with Crippen molar-refractivity contribution in [2.24, 2.45) is 5.92 Å². The Kier molecular flexibility index (Phi) is 4.88. The second-order valence-corrected chi connectivity index (χ2v) is 6.99. The molecule has 1 saturated heterocycles. The van der Waals surface area contributed by atoms with Crippen LogP contribution in [-0.2, 0) is 4.74 Å². The number of anilines is 1. The Morgan fingerprint density at radius 1 is 1.41 bits per heavy atom. The number of nitrogens with zero attached hydrogens (tertiary/aromatic N) is 4. The molecule has 0 spiro atoms. The average molecular weight is 306 g/mol. The Morgan fingerprint density at radius 3 is 2.73 bits per heavy atom. The third-order valence-corrected chi connectivity index (χ3v) is 3.64. The van der Waals surface area contributed by atoms with E-state index in [2.05, 4.69) is 15.1 Å². The molecular formula is C16H26N4O2. The first kappa shape index (κ1) is 16.5. The summed E-state index contributed by atoms with van der Waals surface area (Å²) >= 11 is 0. The smallest absolute Gasteiger partial charge is 0.410 e. The highest BCUT2D eigenvalue weighted by molar-refractivity contribution is 5.68. The third kappa shape index (κ3) is 4.58. The van der Waals surface area contributed by atoms with Gasteiger partial charge >= 0.3 is 6.09 Å². The highest BCUT2D eigenvalue weighted by atomic mass is 16.6. The Hall–Kier alpha value is -1.85. The van der Waals surface area contributed by atoms with Crippen molar-refractivity contribution < 1.29 is 9.53 Å². The summed E-state index contributed by atoms with van der Waals surface area (Å²) in [6.07, 6.45) is 0.774. The number of hydrogen-bond acceptors (Lipinski definition) is 5. The number of likely N-dealkylation sites (tertiary alicyclic amines) is 1. The van der Waals surface area contributed by atoms with Gasteiger partial charge in [-0.05, 0) is 52.2 Å². The van der Waals surface area contributed by atoms with E-state index in [0.717, 1.165) is 37.6 Å². The number of ether oxygens (including phenoxy) is 1. The molecule has 1 aromatic rings. The van der Waals surface area contributed by atoms with Gasteiger partial charge in [-0.3, -0.25) is 0 Å². The van der Waals surface area contributed by atoms with Crippen LogP contribution in [0.1, 0.15) is 32.9 Å². The molecule has 1 fully saturated rings. The van der Waals surface area contributed by atoms with Gasteiger partial charge in [0.2, 0.25) is 0 Å². The van der Waals surface area contributed by atoms with Gasteiger partial charge in [-0.1, -0.05) is 0 Å². The number of hydrogen-bond donors (Lipinski definition) is 0. The second kappa shape index (κ2) is 6.50. The third-order valence-electron chi connectivity index (χ3n) is 3.64. The topological polar surface area (TPSA) is 58.6 Å². The zero-order valence-corrected chi connectivity index (χ0v) is 14.2. The first-order valence-electron chi connectivity index (χ1n) is 7.74. The minimum absolute atomic E-state index is 0.215. The molecular weight excluding hydrogens is 280 g/mol. The molecule has 0 bridgehead atoms. The number of amides is 1. The molecule has 6 heteroatoms. The van der Waals surface area contributed by atoms with Gasteiger partial charge in [-0.2, -0.15) is 5.10 Å². The highest BCUT2D eigenvalue weighted by Crippen LogP contribution is 2.21. The van der Waals surface area contributed by atoms with Crippen molar-refractivity contribution in [2.75, 3.05) is 31.6 Å². The maximum atomic E-state index is 12.1. The summed E-state index contributed by atoms with van der Waals surface area (Å²) in [6.45, 7) is 9.95. The fourth-order valence-corrected chi connectivity index (χ4v) is 2.55. The van der Waals surface area contributed by atoms with E-state index < -0.39 is 5.60 Å². The molecule has 1 aliphatic rings. The summed E-state index contributed by atoms with van der Waals surface area (Å²) in [5, 5.41) is 8.28. The van der Waals surface area contributed by atoms with Crippen LogP contribution in [0.5, 0.6) is 0 Å². The van der Waals surface area contributed by atoms with E-state index in [-0.39, 0.29) is 6.09 Å². The Labute approximate surface area is 132 Å². The number of carbonyl (C=O) groups excluding carboxylic acids is 1. The van der Waals surface area contributed by atoms with Gasteiger partial charge in [0.15, 0.2) is 5.82 Å². The van der Waals surface area contributed by atoms with Gasteiger partial charge in [0, 0.05) is 26.7 Å². The zero-order chi connectivity index (χ0) is 16.3. The van der Waals surface area contributed by atoms with Crippen LogP contribution in [0, 0.1) is 12.8 Å². The van der Waals surface area contributed by atoms with E-state index in [1.165, 1.54) is 0 Å². The van der Waals surface area contributed by atoms with Crippen LogP contribution in [0.2, 0.25) is 0 Å². The van der Waals surface area contributed by atoms with E-state index in [0.29, 0.717) is 5.92 Å². The maximum Gasteiger partial charge on any atom is 0.410 e. The lowest BCUT2D eigenvalue weighted by atomic mass is 10.1. The zero-order valence-electron chi connectivity index (χ0n) is 14.2. The summed E-state index contributed by atoms with van der Waals surface area (Å²) in [5.74, 6) is 1.29. The predicted molar refractivity (Wildman–Crippen MR) is 86.0 cm³/mol. The fraction of sp³-hybridized carbons (Fsp3) is 0.688. The van der Waals surface area contributed by atoms with E-state index in [9.17, 15) is 4.79 Å². The van der Waals surface area contributed by atoms with Gasteiger partial charge < -0.3 is 14.5 Å². The van der Waals surface area contributed by atoms with Crippen LogP contribution in [0.25, 0.3) is 0 Å². The molecule has 1 aromatic heterocycles. The van der Waals surface area contributed by atoms with Gasteiger partial charge in [0.1, 0.15) is 5.60 Å². The molecule has 1 aliphatic heterocycles. The number of rotatable bonds is 3. The largest absolute Gasteiger partial charge is 0.444 e. The summed E-state index contributed by atoms with van der Waals surface area (Å²) in [6, 6.07) is 3.93. The monoisotopic (exact) mass is 306 g/mol. The minimum atomic E-state index is -0.441.